The first-order chi connectivity index (χ1) is 9.38. The van der Waals surface area contributed by atoms with E-state index in [-0.39, 0.29) is 4.90 Å². The summed E-state index contributed by atoms with van der Waals surface area (Å²) in [6, 6.07) is 13.3. The molecule has 2 rings (SSSR count). The number of halogens is 1. The van der Waals surface area contributed by atoms with Gasteiger partial charge in [0.15, 0.2) is 0 Å². The Hall–Kier alpha value is -1.72. The minimum Gasteiger partial charge on any atom is -0.378 e. The van der Waals surface area contributed by atoms with Gasteiger partial charge in [-0.15, -0.1) is 0 Å². The highest BCUT2D eigenvalue weighted by molar-refractivity contribution is 7.92. The Morgan fingerprint density at radius 1 is 1.05 bits per heavy atom. The second-order valence-corrected chi connectivity index (χ2v) is 6.63. The number of hydrogen-bond donors (Lipinski definition) is 1. The van der Waals surface area contributed by atoms with Crippen LogP contribution in [0.2, 0.25) is 5.02 Å². The van der Waals surface area contributed by atoms with Crippen LogP contribution >= 0.6 is 11.6 Å². The molecular formula is C14H15ClN2O2S. The number of nitrogens with zero attached hydrogens (tertiary/aromatic N) is 1. The fraction of sp³-hybridized carbons (Fsp3) is 0.143. The quantitative estimate of drug-likeness (QED) is 0.943. The third-order valence-corrected chi connectivity index (χ3v) is 4.34. The minimum atomic E-state index is -3.63. The van der Waals surface area contributed by atoms with Crippen molar-refractivity contribution in [1.29, 1.82) is 0 Å². The highest BCUT2D eigenvalue weighted by atomic mass is 35.5. The van der Waals surface area contributed by atoms with Crippen molar-refractivity contribution >= 4 is 33.0 Å². The average molecular weight is 311 g/mol. The Labute approximate surface area is 124 Å². The zero-order valence-corrected chi connectivity index (χ0v) is 12.7. The lowest BCUT2D eigenvalue weighted by molar-refractivity contribution is 0.601. The summed E-state index contributed by atoms with van der Waals surface area (Å²) in [7, 11) is 0.156. The van der Waals surface area contributed by atoms with E-state index in [0.29, 0.717) is 10.7 Å². The van der Waals surface area contributed by atoms with Gasteiger partial charge in [-0.3, -0.25) is 4.72 Å². The first-order valence-corrected chi connectivity index (χ1v) is 7.80. The number of rotatable bonds is 4. The van der Waals surface area contributed by atoms with Gasteiger partial charge in [-0.2, -0.15) is 0 Å². The van der Waals surface area contributed by atoms with E-state index in [0.717, 1.165) is 5.69 Å². The molecule has 0 aliphatic carbocycles. The Kier molecular flexibility index (Phi) is 4.20. The van der Waals surface area contributed by atoms with Crippen LogP contribution in [0.15, 0.2) is 53.4 Å². The van der Waals surface area contributed by atoms with Crippen molar-refractivity contribution < 1.29 is 8.42 Å². The van der Waals surface area contributed by atoms with Crippen molar-refractivity contribution in [1.82, 2.24) is 0 Å². The average Bonchev–Trinajstić information content (AvgIpc) is 2.38. The van der Waals surface area contributed by atoms with Crippen LogP contribution in [-0.4, -0.2) is 22.5 Å². The number of nitrogens with one attached hydrogen (secondary N) is 1. The van der Waals surface area contributed by atoms with Gasteiger partial charge in [0, 0.05) is 24.8 Å². The summed E-state index contributed by atoms with van der Waals surface area (Å²) in [5.41, 5.74) is 1.42. The van der Waals surface area contributed by atoms with Crippen LogP contribution in [0.4, 0.5) is 11.4 Å². The van der Waals surface area contributed by atoms with Gasteiger partial charge >= 0.3 is 0 Å². The van der Waals surface area contributed by atoms with Gasteiger partial charge in [-0.25, -0.2) is 8.42 Å². The van der Waals surface area contributed by atoms with Crippen LogP contribution in [0.1, 0.15) is 0 Å². The van der Waals surface area contributed by atoms with E-state index < -0.39 is 10.0 Å². The van der Waals surface area contributed by atoms with E-state index in [1.807, 2.05) is 25.1 Å². The third kappa shape index (κ3) is 3.43. The summed E-state index contributed by atoms with van der Waals surface area (Å²) in [4.78, 5) is 2.04. The summed E-state index contributed by atoms with van der Waals surface area (Å²) in [6.07, 6.45) is 0. The molecule has 0 fully saturated rings. The molecule has 0 amide bonds. The predicted octanol–water partition coefficient (Wildman–Crippen LogP) is 3.21. The van der Waals surface area contributed by atoms with Gasteiger partial charge in [0.2, 0.25) is 0 Å². The standard InChI is InChI=1S/C14H15ClN2O2S/c1-17(2)13-7-4-6-12(10-13)16-20(18,19)14-8-3-5-11(15)9-14/h3-10,16H,1-2H3. The lowest BCUT2D eigenvalue weighted by atomic mass is 10.3. The van der Waals surface area contributed by atoms with Gasteiger partial charge in [-0.05, 0) is 36.4 Å². The second kappa shape index (κ2) is 5.73. The van der Waals surface area contributed by atoms with Crippen molar-refractivity contribution in [3.05, 3.63) is 53.6 Å². The smallest absolute Gasteiger partial charge is 0.261 e. The lowest BCUT2D eigenvalue weighted by Gasteiger charge is -2.14. The van der Waals surface area contributed by atoms with Crippen molar-refractivity contribution in [2.45, 2.75) is 4.90 Å². The molecule has 0 spiro atoms. The second-order valence-electron chi connectivity index (χ2n) is 4.51. The van der Waals surface area contributed by atoms with Crippen molar-refractivity contribution in [3.63, 3.8) is 0 Å². The molecule has 0 atom stereocenters. The van der Waals surface area contributed by atoms with Crippen LogP contribution in [0.3, 0.4) is 0 Å². The highest BCUT2D eigenvalue weighted by Gasteiger charge is 2.14. The SMILES string of the molecule is CN(C)c1cccc(NS(=O)(=O)c2cccc(Cl)c2)c1. The Morgan fingerprint density at radius 2 is 1.75 bits per heavy atom. The van der Waals surface area contributed by atoms with E-state index in [1.165, 1.54) is 12.1 Å². The summed E-state index contributed by atoms with van der Waals surface area (Å²) >= 11 is 5.82. The number of anilines is 2. The Balaban J connectivity index is 2.31. The third-order valence-electron chi connectivity index (χ3n) is 2.72. The van der Waals surface area contributed by atoms with Gasteiger partial charge in [0.1, 0.15) is 0 Å². The molecule has 0 aliphatic heterocycles. The molecule has 0 heterocycles. The van der Waals surface area contributed by atoms with E-state index in [1.54, 1.807) is 30.3 Å². The minimum absolute atomic E-state index is 0.139. The molecule has 4 nitrogen and oxygen atoms in total. The molecule has 0 saturated heterocycles. The van der Waals surface area contributed by atoms with Crippen molar-refractivity contribution in [2.24, 2.45) is 0 Å². The highest BCUT2D eigenvalue weighted by Crippen LogP contribution is 2.22. The maximum absolute atomic E-state index is 12.3. The number of hydrogen-bond acceptors (Lipinski definition) is 3. The monoisotopic (exact) mass is 310 g/mol. The first kappa shape index (κ1) is 14.7. The van der Waals surface area contributed by atoms with E-state index in [9.17, 15) is 8.42 Å². The van der Waals surface area contributed by atoms with Crippen LogP contribution in [-0.2, 0) is 10.0 Å². The maximum atomic E-state index is 12.3. The molecule has 0 bridgehead atoms. The zero-order chi connectivity index (χ0) is 14.8. The molecule has 106 valence electrons. The van der Waals surface area contributed by atoms with Crippen molar-refractivity contribution in [3.8, 4) is 0 Å². The molecule has 2 aromatic carbocycles. The number of benzene rings is 2. The molecule has 0 saturated carbocycles. The van der Waals surface area contributed by atoms with Crippen molar-refractivity contribution in [2.75, 3.05) is 23.7 Å². The Morgan fingerprint density at radius 3 is 2.40 bits per heavy atom. The number of sulfonamides is 1. The first-order valence-electron chi connectivity index (χ1n) is 5.94. The molecule has 20 heavy (non-hydrogen) atoms. The van der Waals surface area contributed by atoms with Crippen LogP contribution in [0.25, 0.3) is 0 Å². The van der Waals surface area contributed by atoms with E-state index in [4.69, 9.17) is 11.6 Å². The summed E-state index contributed by atoms with van der Waals surface area (Å²) in [5.74, 6) is 0. The molecule has 1 N–H and O–H groups in total. The van der Waals surface area contributed by atoms with Gasteiger partial charge < -0.3 is 4.90 Å². The van der Waals surface area contributed by atoms with E-state index >= 15 is 0 Å². The summed E-state index contributed by atoms with van der Waals surface area (Å²) < 4.78 is 27.0. The Bertz CT molecular complexity index is 715. The fourth-order valence-electron chi connectivity index (χ4n) is 1.70. The predicted molar refractivity (Wildman–Crippen MR) is 83.0 cm³/mol. The molecule has 0 aromatic heterocycles. The molecule has 0 unspecified atom stereocenters. The van der Waals surface area contributed by atoms with Gasteiger partial charge in [-0.1, -0.05) is 23.7 Å². The van der Waals surface area contributed by atoms with Crippen LogP contribution in [0, 0.1) is 0 Å². The maximum Gasteiger partial charge on any atom is 0.261 e. The van der Waals surface area contributed by atoms with Gasteiger partial charge in [0.05, 0.1) is 10.6 Å². The summed E-state index contributed by atoms with van der Waals surface area (Å²) in [6.45, 7) is 0. The zero-order valence-electron chi connectivity index (χ0n) is 11.2. The fourth-order valence-corrected chi connectivity index (χ4v) is 3.05. The largest absolute Gasteiger partial charge is 0.378 e. The molecule has 0 aliphatic rings. The molecular weight excluding hydrogens is 296 g/mol. The molecule has 2 aromatic rings. The van der Waals surface area contributed by atoms with Crippen LogP contribution in [0.5, 0.6) is 0 Å². The van der Waals surface area contributed by atoms with Gasteiger partial charge in [0.25, 0.3) is 10.0 Å². The van der Waals surface area contributed by atoms with E-state index in [2.05, 4.69) is 4.72 Å². The summed E-state index contributed by atoms with van der Waals surface area (Å²) in [5, 5.41) is 0.384. The normalized spacial score (nSPS) is 11.2. The molecule has 0 radical (unpaired) electrons. The molecule has 6 heteroatoms. The van der Waals surface area contributed by atoms with Crippen LogP contribution < -0.4 is 9.62 Å². The topological polar surface area (TPSA) is 49.4 Å². The lowest BCUT2D eigenvalue weighted by Crippen LogP contribution is -2.14.